The summed E-state index contributed by atoms with van der Waals surface area (Å²) in [6.45, 7) is 1.28. The van der Waals surface area contributed by atoms with Gasteiger partial charge in [-0.15, -0.1) is 0 Å². The van der Waals surface area contributed by atoms with Crippen molar-refractivity contribution in [3.05, 3.63) is 29.8 Å². The molecule has 0 spiro atoms. The van der Waals surface area contributed by atoms with Crippen LogP contribution in [0.25, 0.3) is 0 Å². The molecule has 120 valence electrons. The smallest absolute Gasteiger partial charge is 0.338 e. The van der Waals surface area contributed by atoms with Gasteiger partial charge in [0.1, 0.15) is 6.42 Å². The van der Waals surface area contributed by atoms with Crippen molar-refractivity contribution in [3.8, 4) is 6.07 Å². The monoisotopic (exact) mass is 318 g/mol. The van der Waals surface area contributed by atoms with Gasteiger partial charge in [0.15, 0.2) is 6.10 Å². The highest BCUT2D eigenvalue weighted by Crippen LogP contribution is 2.11. The number of nitrogens with two attached hydrogens (primary N) is 1. The molecule has 0 aliphatic rings. The summed E-state index contributed by atoms with van der Waals surface area (Å²) in [6, 6.07) is 6.30. The number of hydrogen-bond acceptors (Lipinski definition) is 6. The largest absolute Gasteiger partial charge is 0.449 e. The fourth-order valence-electron chi connectivity index (χ4n) is 1.47. The number of benzene rings is 1. The van der Waals surface area contributed by atoms with Gasteiger partial charge in [0.25, 0.3) is 5.91 Å². The summed E-state index contributed by atoms with van der Waals surface area (Å²) in [6.07, 6.45) is -1.49. The molecule has 0 heterocycles. The van der Waals surface area contributed by atoms with E-state index in [4.69, 9.17) is 15.7 Å². The average molecular weight is 318 g/mol. The number of hydrogen-bond donors (Lipinski definition) is 3. The van der Waals surface area contributed by atoms with E-state index in [1.165, 1.54) is 31.2 Å². The molecule has 0 unspecified atom stereocenters. The standard InChI is InChI=1S/C14H14N4O5/c1-8(12(20)18-14(16)22)23-13(21)9-2-4-10(5-3-9)17-11(19)6-7-15/h2-5,8H,6H2,1H3,(H,17,19)(H3,16,18,20,22)/t8-/m0/s1. The maximum atomic E-state index is 11.8. The number of primary amides is 1. The topological polar surface area (TPSA) is 151 Å². The zero-order valence-electron chi connectivity index (χ0n) is 12.2. The second kappa shape index (κ2) is 8.14. The number of amides is 4. The zero-order chi connectivity index (χ0) is 17.4. The molecule has 1 rings (SSSR count). The number of ether oxygens (including phenoxy) is 1. The van der Waals surface area contributed by atoms with Crippen LogP contribution in [-0.4, -0.2) is 29.9 Å². The third-order valence-electron chi connectivity index (χ3n) is 2.54. The van der Waals surface area contributed by atoms with Gasteiger partial charge in [-0.1, -0.05) is 0 Å². The summed E-state index contributed by atoms with van der Waals surface area (Å²) in [5.41, 5.74) is 5.33. The Morgan fingerprint density at radius 2 is 1.87 bits per heavy atom. The summed E-state index contributed by atoms with van der Waals surface area (Å²) >= 11 is 0. The van der Waals surface area contributed by atoms with Crippen LogP contribution in [0.5, 0.6) is 0 Å². The lowest BCUT2D eigenvalue weighted by molar-refractivity contribution is -0.127. The molecular formula is C14H14N4O5. The van der Waals surface area contributed by atoms with Crippen LogP contribution in [0, 0.1) is 11.3 Å². The summed E-state index contributed by atoms with van der Waals surface area (Å²) in [7, 11) is 0. The molecule has 1 aromatic rings. The van der Waals surface area contributed by atoms with Crippen molar-refractivity contribution in [1.29, 1.82) is 5.26 Å². The predicted molar refractivity (Wildman–Crippen MR) is 77.9 cm³/mol. The van der Waals surface area contributed by atoms with Crippen LogP contribution >= 0.6 is 0 Å². The van der Waals surface area contributed by atoms with E-state index in [1.54, 1.807) is 11.4 Å². The summed E-state index contributed by atoms with van der Waals surface area (Å²) < 4.78 is 4.87. The molecule has 0 aliphatic carbocycles. The van der Waals surface area contributed by atoms with Gasteiger partial charge in [-0.05, 0) is 31.2 Å². The summed E-state index contributed by atoms with van der Waals surface area (Å²) in [5, 5.41) is 12.6. The predicted octanol–water partition coefficient (Wildman–Crippen LogP) is 0.279. The van der Waals surface area contributed by atoms with Gasteiger partial charge in [0, 0.05) is 5.69 Å². The van der Waals surface area contributed by atoms with Crippen LogP contribution < -0.4 is 16.4 Å². The van der Waals surface area contributed by atoms with Crippen molar-refractivity contribution in [1.82, 2.24) is 5.32 Å². The molecule has 4 N–H and O–H groups in total. The molecule has 9 nitrogen and oxygen atoms in total. The summed E-state index contributed by atoms with van der Waals surface area (Å²) in [5.74, 6) is -2.10. The number of urea groups is 1. The average Bonchev–Trinajstić information content (AvgIpc) is 2.47. The quantitative estimate of drug-likeness (QED) is 0.663. The third-order valence-corrected chi connectivity index (χ3v) is 2.54. The van der Waals surface area contributed by atoms with Gasteiger partial charge < -0.3 is 15.8 Å². The maximum absolute atomic E-state index is 11.8. The molecule has 1 atom stereocenters. The molecule has 0 fully saturated rings. The first kappa shape index (κ1) is 17.6. The second-order valence-electron chi connectivity index (χ2n) is 4.36. The molecule has 0 aromatic heterocycles. The number of rotatable bonds is 5. The normalized spacial score (nSPS) is 10.8. The van der Waals surface area contributed by atoms with Gasteiger partial charge in [0.05, 0.1) is 11.6 Å². The van der Waals surface area contributed by atoms with E-state index < -0.39 is 29.9 Å². The lowest BCUT2D eigenvalue weighted by Gasteiger charge is -2.12. The zero-order valence-corrected chi connectivity index (χ0v) is 12.2. The number of anilines is 1. The van der Waals surface area contributed by atoms with Crippen LogP contribution in [-0.2, 0) is 14.3 Å². The molecule has 9 heteroatoms. The number of carbonyl (C=O) groups excluding carboxylic acids is 4. The number of nitriles is 1. The molecule has 0 saturated heterocycles. The number of nitrogens with zero attached hydrogens (tertiary/aromatic N) is 1. The molecule has 0 saturated carbocycles. The maximum Gasteiger partial charge on any atom is 0.338 e. The Kier molecular flexibility index (Phi) is 6.24. The number of imide groups is 1. The van der Waals surface area contributed by atoms with E-state index in [2.05, 4.69) is 5.32 Å². The number of carbonyl (C=O) groups is 4. The minimum atomic E-state index is -1.20. The van der Waals surface area contributed by atoms with E-state index in [-0.39, 0.29) is 12.0 Å². The van der Waals surface area contributed by atoms with Crippen LogP contribution in [0.15, 0.2) is 24.3 Å². The Morgan fingerprint density at radius 3 is 2.39 bits per heavy atom. The first-order chi connectivity index (χ1) is 10.8. The highest BCUT2D eigenvalue weighted by atomic mass is 16.5. The van der Waals surface area contributed by atoms with E-state index in [0.717, 1.165) is 0 Å². The Balaban J connectivity index is 2.64. The van der Waals surface area contributed by atoms with E-state index >= 15 is 0 Å². The lowest BCUT2D eigenvalue weighted by atomic mass is 10.2. The molecule has 0 aliphatic heterocycles. The molecular weight excluding hydrogens is 304 g/mol. The fourth-order valence-corrected chi connectivity index (χ4v) is 1.47. The Bertz CT molecular complexity index is 663. The number of esters is 1. The molecule has 0 bridgehead atoms. The SMILES string of the molecule is C[C@H](OC(=O)c1ccc(NC(=O)CC#N)cc1)C(=O)NC(N)=O. The van der Waals surface area contributed by atoms with E-state index in [9.17, 15) is 19.2 Å². The Hall–Kier alpha value is -3.41. The van der Waals surface area contributed by atoms with Gasteiger partial charge >= 0.3 is 12.0 Å². The van der Waals surface area contributed by atoms with Crippen molar-refractivity contribution in [2.75, 3.05) is 5.32 Å². The first-order valence-electron chi connectivity index (χ1n) is 6.41. The first-order valence-corrected chi connectivity index (χ1v) is 6.41. The lowest BCUT2D eigenvalue weighted by Crippen LogP contribution is -2.42. The molecule has 4 amide bonds. The summed E-state index contributed by atoms with van der Waals surface area (Å²) in [4.78, 5) is 45.0. The van der Waals surface area contributed by atoms with Crippen LogP contribution in [0.3, 0.4) is 0 Å². The van der Waals surface area contributed by atoms with Crippen molar-refractivity contribution < 1.29 is 23.9 Å². The van der Waals surface area contributed by atoms with Crippen molar-refractivity contribution in [2.24, 2.45) is 5.73 Å². The van der Waals surface area contributed by atoms with E-state index in [0.29, 0.717) is 5.69 Å². The van der Waals surface area contributed by atoms with Gasteiger partial charge in [-0.2, -0.15) is 5.26 Å². The third kappa shape index (κ3) is 5.84. The van der Waals surface area contributed by atoms with Crippen molar-refractivity contribution in [2.45, 2.75) is 19.4 Å². The van der Waals surface area contributed by atoms with Crippen molar-refractivity contribution >= 4 is 29.5 Å². The van der Waals surface area contributed by atoms with Gasteiger partial charge in [-0.3, -0.25) is 14.9 Å². The van der Waals surface area contributed by atoms with E-state index in [1.807, 2.05) is 0 Å². The van der Waals surface area contributed by atoms with Crippen LogP contribution in [0.2, 0.25) is 0 Å². The Morgan fingerprint density at radius 1 is 1.26 bits per heavy atom. The highest BCUT2D eigenvalue weighted by Gasteiger charge is 2.19. The molecule has 23 heavy (non-hydrogen) atoms. The van der Waals surface area contributed by atoms with Gasteiger partial charge in [-0.25, -0.2) is 9.59 Å². The molecule has 0 radical (unpaired) electrons. The number of nitrogens with one attached hydrogen (secondary N) is 2. The van der Waals surface area contributed by atoms with Crippen LogP contribution in [0.1, 0.15) is 23.7 Å². The van der Waals surface area contributed by atoms with Crippen molar-refractivity contribution in [3.63, 3.8) is 0 Å². The Labute approximate surface area is 131 Å². The highest BCUT2D eigenvalue weighted by molar-refractivity contribution is 5.98. The minimum Gasteiger partial charge on any atom is -0.449 e. The fraction of sp³-hybridized carbons (Fsp3) is 0.214. The van der Waals surface area contributed by atoms with Crippen LogP contribution in [0.4, 0.5) is 10.5 Å². The molecule has 1 aromatic carbocycles. The second-order valence-corrected chi connectivity index (χ2v) is 4.36. The minimum absolute atomic E-state index is 0.141. The van der Waals surface area contributed by atoms with Gasteiger partial charge in [0.2, 0.25) is 5.91 Å².